The SMILES string of the molecule is O=C1S/C(=C\c2cccc(Cl)c2)C(=O)N1c1ccccc1F. The summed E-state index contributed by atoms with van der Waals surface area (Å²) < 4.78 is 13.8. The Bertz CT molecular complexity index is 806. The van der Waals surface area contributed by atoms with E-state index in [1.807, 2.05) is 0 Å². The van der Waals surface area contributed by atoms with Crippen molar-refractivity contribution in [1.82, 2.24) is 0 Å². The summed E-state index contributed by atoms with van der Waals surface area (Å²) in [7, 11) is 0. The molecule has 2 aromatic carbocycles. The quantitative estimate of drug-likeness (QED) is 0.746. The van der Waals surface area contributed by atoms with Crippen molar-refractivity contribution >= 4 is 46.3 Å². The number of nitrogens with zero attached hydrogens (tertiary/aromatic N) is 1. The molecule has 0 bridgehead atoms. The minimum atomic E-state index is -0.617. The summed E-state index contributed by atoms with van der Waals surface area (Å²) in [6.45, 7) is 0. The summed E-state index contributed by atoms with van der Waals surface area (Å²) in [4.78, 5) is 25.5. The Balaban J connectivity index is 1.97. The molecule has 1 aliphatic heterocycles. The van der Waals surface area contributed by atoms with Crippen LogP contribution in [0.4, 0.5) is 14.9 Å². The first-order valence-corrected chi connectivity index (χ1v) is 7.54. The van der Waals surface area contributed by atoms with Crippen LogP contribution in [0.5, 0.6) is 0 Å². The van der Waals surface area contributed by atoms with Crippen molar-refractivity contribution < 1.29 is 14.0 Å². The van der Waals surface area contributed by atoms with Crippen LogP contribution in [-0.4, -0.2) is 11.1 Å². The molecule has 3 nitrogen and oxygen atoms in total. The average molecular weight is 334 g/mol. The molecule has 0 radical (unpaired) electrons. The van der Waals surface area contributed by atoms with E-state index in [0.717, 1.165) is 16.7 Å². The van der Waals surface area contributed by atoms with Gasteiger partial charge in [-0.3, -0.25) is 9.59 Å². The zero-order valence-electron chi connectivity index (χ0n) is 11.1. The summed E-state index contributed by atoms with van der Waals surface area (Å²) in [6.07, 6.45) is 1.57. The Labute approximate surface area is 135 Å². The van der Waals surface area contributed by atoms with Crippen molar-refractivity contribution in [3.05, 3.63) is 69.8 Å². The van der Waals surface area contributed by atoms with Crippen LogP contribution in [0.3, 0.4) is 0 Å². The molecular formula is C16H9ClFNO2S. The first-order chi connectivity index (χ1) is 10.6. The maximum absolute atomic E-state index is 13.8. The predicted octanol–water partition coefficient (Wildman–Crippen LogP) is 4.72. The number of imide groups is 1. The summed E-state index contributed by atoms with van der Waals surface area (Å²) in [5.74, 6) is -1.16. The molecular weight excluding hydrogens is 325 g/mol. The molecule has 0 atom stereocenters. The van der Waals surface area contributed by atoms with Gasteiger partial charge >= 0.3 is 0 Å². The normalized spacial score (nSPS) is 16.6. The third kappa shape index (κ3) is 2.77. The Morgan fingerprint density at radius 2 is 1.86 bits per heavy atom. The van der Waals surface area contributed by atoms with Gasteiger partial charge in [0.25, 0.3) is 11.1 Å². The zero-order chi connectivity index (χ0) is 15.7. The number of anilines is 1. The number of carbonyl (C=O) groups is 2. The molecule has 2 amide bonds. The highest BCUT2D eigenvalue weighted by molar-refractivity contribution is 8.19. The summed E-state index contributed by atoms with van der Waals surface area (Å²) in [5, 5.41) is 0.00506. The van der Waals surface area contributed by atoms with Crippen LogP contribution in [0.25, 0.3) is 6.08 Å². The number of rotatable bonds is 2. The molecule has 0 aromatic heterocycles. The molecule has 0 spiro atoms. The predicted molar refractivity (Wildman–Crippen MR) is 86.3 cm³/mol. The van der Waals surface area contributed by atoms with Gasteiger partial charge in [-0.05, 0) is 47.7 Å². The maximum atomic E-state index is 13.8. The van der Waals surface area contributed by atoms with E-state index in [0.29, 0.717) is 10.6 Å². The van der Waals surface area contributed by atoms with E-state index < -0.39 is 17.0 Å². The van der Waals surface area contributed by atoms with E-state index in [-0.39, 0.29) is 10.6 Å². The minimum Gasteiger partial charge on any atom is -0.268 e. The summed E-state index contributed by atoms with van der Waals surface area (Å²) >= 11 is 6.67. The first-order valence-electron chi connectivity index (χ1n) is 6.34. The lowest BCUT2D eigenvalue weighted by atomic mass is 10.2. The number of amides is 2. The fourth-order valence-electron chi connectivity index (χ4n) is 2.06. The van der Waals surface area contributed by atoms with Gasteiger partial charge in [0.05, 0.1) is 10.6 Å². The topological polar surface area (TPSA) is 37.4 Å². The van der Waals surface area contributed by atoms with Crippen molar-refractivity contribution in [3.63, 3.8) is 0 Å². The maximum Gasteiger partial charge on any atom is 0.298 e. The van der Waals surface area contributed by atoms with Gasteiger partial charge in [-0.2, -0.15) is 0 Å². The van der Waals surface area contributed by atoms with Crippen molar-refractivity contribution in [1.29, 1.82) is 0 Å². The Morgan fingerprint density at radius 3 is 2.59 bits per heavy atom. The van der Waals surface area contributed by atoms with Gasteiger partial charge in [0, 0.05) is 5.02 Å². The van der Waals surface area contributed by atoms with Crippen molar-refractivity contribution in [2.45, 2.75) is 0 Å². The van der Waals surface area contributed by atoms with Crippen LogP contribution in [0.15, 0.2) is 53.4 Å². The molecule has 1 aliphatic rings. The van der Waals surface area contributed by atoms with E-state index in [2.05, 4.69) is 0 Å². The monoisotopic (exact) mass is 333 g/mol. The lowest BCUT2D eigenvalue weighted by Crippen LogP contribution is -2.28. The fraction of sp³-hybridized carbons (Fsp3) is 0. The molecule has 1 saturated heterocycles. The first kappa shape index (κ1) is 14.8. The third-order valence-electron chi connectivity index (χ3n) is 3.03. The van der Waals surface area contributed by atoms with Crippen LogP contribution in [0.1, 0.15) is 5.56 Å². The van der Waals surface area contributed by atoms with E-state index in [1.165, 1.54) is 18.2 Å². The highest BCUT2D eigenvalue weighted by Gasteiger charge is 2.37. The molecule has 2 aromatic rings. The van der Waals surface area contributed by atoms with Gasteiger partial charge in [0.2, 0.25) is 0 Å². The zero-order valence-corrected chi connectivity index (χ0v) is 12.7. The fourth-order valence-corrected chi connectivity index (χ4v) is 3.09. The number of benzene rings is 2. The number of thioether (sulfide) groups is 1. The van der Waals surface area contributed by atoms with Crippen molar-refractivity contribution in [2.24, 2.45) is 0 Å². The number of para-hydroxylation sites is 1. The second-order valence-corrected chi connectivity index (χ2v) is 5.95. The lowest BCUT2D eigenvalue weighted by molar-refractivity contribution is -0.113. The molecule has 1 heterocycles. The van der Waals surface area contributed by atoms with Crippen LogP contribution in [0.2, 0.25) is 5.02 Å². The Kier molecular flexibility index (Phi) is 4.00. The van der Waals surface area contributed by atoms with Crippen LogP contribution >= 0.6 is 23.4 Å². The largest absolute Gasteiger partial charge is 0.298 e. The van der Waals surface area contributed by atoms with Crippen molar-refractivity contribution in [2.75, 3.05) is 4.90 Å². The van der Waals surface area contributed by atoms with Gasteiger partial charge in [0.1, 0.15) is 5.82 Å². The van der Waals surface area contributed by atoms with E-state index in [9.17, 15) is 14.0 Å². The number of halogens is 2. The van der Waals surface area contributed by atoms with E-state index >= 15 is 0 Å². The van der Waals surface area contributed by atoms with Crippen LogP contribution in [0, 0.1) is 5.82 Å². The minimum absolute atomic E-state index is 0.0421. The van der Waals surface area contributed by atoms with Crippen molar-refractivity contribution in [3.8, 4) is 0 Å². The molecule has 6 heteroatoms. The molecule has 1 fully saturated rings. The standard InChI is InChI=1S/C16H9ClFNO2S/c17-11-5-3-4-10(8-11)9-14-15(20)19(16(21)22-14)13-7-2-1-6-12(13)18/h1-9H/b14-9-. The van der Waals surface area contributed by atoms with Gasteiger partial charge < -0.3 is 0 Å². The highest BCUT2D eigenvalue weighted by Crippen LogP contribution is 2.36. The Hall–Kier alpha value is -2.11. The number of hydrogen-bond donors (Lipinski definition) is 0. The summed E-state index contributed by atoms with van der Waals surface area (Å²) in [5.41, 5.74) is 0.658. The highest BCUT2D eigenvalue weighted by atomic mass is 35.5. The number of carbonyl (C=O) groups excluding carboxylic acids is 2. The van der Waals surface area contributed by atoms with Gasteiger partial charge in [-0.25, -0.2) is 9.29 Å². The van der Waals surface area contributed by atoms with Crippen LogP contribution in [-0.2, 0) is 4.79 Å². The lowest BCUT2D eigenvalue weighted by Gasteiger charge is -2.12. The van der Waals surface area contributed by atoms with Crippen LogP contribution < -0.4 is 4.90 Å². The van der Waals surface area contributed by atoms with E-state index in [1.54, 1.807) is 36.4 Å². The molecule has 110 valence electrons. The molecule has 0 aliphatic carbocycles. The molecule has 0 N–H and O–H groups in total. The molecule has 0 unspecified atom stereocenters. The molecule has 3 rings (SSSR count). The average Bonchev–Trinajstić information content (AvgIpc) is 2.74. The van der Waals surface area contributed by atoms with Gasteiger partial charge in [-0.1, -0.05) is 35.9 Å². The van der Waals surface area contributed by atoms with E-state index in [4.69, 9.17) is 11.6 Å². The summed E-state index contributed by atoms with van der Waals surface area (Å²) in [6, 6.07) is 12.6. The second kappa shape index (κ2) is 5.94. The Morgan fingerprint density at radius 1 is 1.09 bits per heavy atom. The third-order valence-corrected chi connectivity index (χ3v) is 4.14. The smallest absolute Gasteiger partial charge is 0.268 e. The second-order valence-electron chi connectivity index (χ2n) is 4.52. The molecule has 22 heavy (non-hydrogen) atoms. The van der Waals surface area contributed by atoms with Gasteiger partial charge in [0.15, 0.2) is 0 Å². The van der Waals surface area contributed by atoms with Gasteiger partial charge in [-0.15, -0.1) is 0 Å². The molecule has 0 saturated carbocycles. The number of hydrogen-bond acceptors (Lipinski definition) is 3.